The van der Waals surface area contributed by atoms with Gasteiger partial charge >= 0.3 is 0 Å². The lowest BCUT2D eigenvalue weighted by molar-refractivity contribution is 0.101. The third kappa shape index (κ3) is 2.89. The molecule has 2 aromatic rings. The summed E-state index contributed by atoms with van der Waals surface area (Å²) in [6, 6.07) is 3.90. The Morgan fingerprint density at radius 2 is 2.00 bits per heavy atom. The fourth-order valence-electron chi connectivity index (χ4n) is 2.06. The van der Waals surface area contributed by atoms with E-state index in [-0.39, 0.29) is 17.3 Å². The number of halogens is 2. The first-order chi connectivity index (χ1) is 9.81. The number of nitrogens with one attached hydrogen (secondary N) is 1. The zero-order chi connectivity index (χ0) is 15.7. The average Bonchev–Trinajstić information content (AvgIpc) is 2.81. The molecule has 1 heterocycles. The first-order valence-corrected chi connectivity index (χ1v) is 6.54. The van der Waals surface area contributed by atoms with Crippen molar-refractivity contribution in [1.82, 2.24) is 4.57 Å². The second kappa shape index (κ2) is 5.55. The van der Waals surface area contributed by atoms with Crippen molar-refractivity contribution in [2.75, 3.05) is 11.1 Å². The highest BCUT2D eigenvalue weighted by molar-refractivity contribution is 6.04. The Kier molecular flexibility index (Phi) is 3.97. The fraction of sp³-hybridized carbons (Fsp3) is 0.267. The molecule has 6 heteroatoms. The van der Waals surface area contributed by atoms with Crippen LogP contribution >= 0.6 is 0 Å². The van der Waals surface area contributed by atoms with E-state index in [9.17, 15) is 13.6 Å². The van der Waals surface area contributed by atoms with Crippen molar-refractivity contribution in [2.45, 2.75) is 26.8 Å². The number of hydrogen-bond donors (Lipinski definition) is 2. The molecule has 4 nitrogen and oxygen atoms in total. The predicted molar refractivity (Wildman–Crippen MR) is 78.3 cm³/mol. The topological polar surface area (TPSA) is 60.1 Å². The summed E-state index contributed by atoms with van der Waals surface area (Å²) in [6.07, 6.45) is 1.61. The number of aromatic nitrogens is 1. The summed E-state index contributed by atoms with van der Waals surface area (Å²) in [7, 11) is 0. The number of hydrogen-bond acceptors (Lipinski definition) is 2. The van der Waals surface area contributed by atoms with Gasteiger partial charge in [0.1, 0.15) is 17.2 Å². The van der Waals surface area contributed by atoms with Gasteiger partial charge in [-0.3, -0.25) is 4.79 Å². The Balaban J connectivity index is 2.37. The van der Waals surface area contributed by atoms with E-state index in [2.05, 4.69) is 5.32 Å². The van der Waals surface area contributed by atoms with Gasteiger partial charge in [0.2, 0.25) is 0 Å². The minimum atomic E-state index is -0.818. The number of amides is 1. The lowest BCUT2D eigenvalue weighted by Crippen LogP contribution is -2.19. The van der Waals surface area contributed by atoms with Crippen LogP contribution in [0.15, 0.2) is 24.4 Å². The van der Waals surface area contributed by atoms with Crippen LogP contribution in [0.4, 0.5) is 20.2 Å². The normalized spacial score (nSPS) is 11.0. The molecule has 1 aromatic heterocycles. The van der Waals surface area contributed by atoms with E-state index < -0.39 is 23.2 Å². The quantitative estimate of drug-likeness (QED) is 0.910. The third-order valence-electron chi connectivity index (χ3n) is 3.18. The Labute approximate surface area is 121 Å². The first-order valence-electron chi connectivity index (χ1n) is 6.54. The smallest absolute Gasteiger partial charge is 0.272 e. The Morgan fingerprint density at radius 1 is 1.33 bits per heavy atom. The first kappa shape index (κ1) is 15.0. The van der Waals surface area contributed by atoms with E-state index in [0.29, 0.717) is 5.69 Å². The standard InChI is InChI=1S/C15H17F2N3O/c1-8(2)20-7-10(18)6-12(20)15(21)19-14-11(16)5-4-9(3)13(14)17/h4-8H,18H2,1-3H3,(H,19,21). The highest BCUT2D eigenvalue weighted by Crippen LogP contribution is 2.23. The second-order valence-corrected chi connectivity index (χ2v) is 5.17. The predicted octanol–water partition coefficient (Wildman–Crippen LogP) is 3.49. The summed E-state index contributed by atoms with van der Waals surface area (Å²) in [4.78, 5) is 12.2. The Morgan fingerprint density at radius 3 is 2.62 bits per heavy atom. The number of nitrogens with two attached hydrogens (primary N) is 1. The van der Waals surface area contributed by atoms with Gasteiger partial charge in [0.05, 0.1) is 5.69 Å². The number of carbonyl (C=O) groups excluding carboxylic acids is 1. The van der Waals surface area contributed by atoms with E-state index in [0.717, 1.165) is 6.07 Å². The molecule has 1 amide bonds. The molecule has 112 valence electrons. The third-order valence-corrected chi connectivity index (χ3v) is 3.18. The van der Waals surface area contributed by atoms with Gasteiger partial charge in [0.15, 0.2) is 5.82 Å². The summed E-state index contributed by atoms with van der Waals surface area (Å²) in [5.41, 5.74) is 6.16. The van der Waals surface area contributed by atoms with Gasteiger partial charge in [-0.1, -0.05) is 6.07 Å². The van der Waals surface area contributed by atoms with Crippen LogP contribution in [0.2, 0.25) is 0 Å². The zero-order valence-corrected chi connectivity index (χ0v) is 12.1. The van der Waals surface area contributed by atoms with Gasteiger partial charge < -0.3 is 15.6 Å². The van der Waals surface area contributed by atoms with Crippen LogP contribution in [-0.2, 0) is 0 Å². The molecule has 0 unspecified atom stereocenters. The van der Waals surface area contributed by atoms with E-state index in [4.69, 9.17) is 5.73 Å². The average molecular weight is 293 g/mol. The lowest BCUT2D eigenvalue weighted by Gasteiger charge is -2.13. The summed E-state index contributed by atoms with van der Waals surface area (Å²) in [5.74, 6) is -2.20. The SMILES string of the molecule is Cc1ccc(F)c(NC(=O)c2cc(N)cn2C(C)C)c1F. The highest BCUT2D eigenvalue weighted by Gasteiger charge is 2.19. The van der Waals surface area contributed by atoms with Crippen molar-refractivity contribution >= 4 is 17.3 Å². The summed E-state index contributed by atoms with van der Waals surface area (Å²) >= 11 is 0. The van der Waals surface area contributed by atoms with Gasteiger partial charge in [-0.05, 0) is 38.5 Å². The molecular weight excluding hydrogens is 276 g/mol. The minimum Gasteiger partial charge on any atom is -0.397 e. The van der Waals surface area contributed by atoms with E-state index in [1.165, 1.54) is 19.1 Å². The molecule has 2 rings (SSSR count). The molecule has 0 aliphatic carbocycles. The molecule has 0 saturated heterocycles. The maximum atomic E-state index is 13.9. The molecule has 0 bridgehead atoms. The number of carbonyl (C=O) groups is 1. The summed E-state index contributed by atoms with van der Waals surface area (Å²) < 4.78 is 29.3. The number of aryl methyl sites for hydroxylation is 1. The second-order valence-electron chi connectivity index (χ2n) is 5.17. The molecule has 0 aliphatic rings. The molecule has 3 N–H and O–H groups in total. The van der Waals surface area contributed by atoms with Gasteiger partial charge in [0.25, 0.3) is 5.91 Å². The maximum absolute atomic E-state index is 13.9. The van der Waals surface area contributed by atoms with Crippen LogP contribution < -0.4 is 11.1 Å². The number of rotatable bonds is 3. The summed E-state index contributed by atoms with van der Waals surface area (Å²) in [6.45, 7) is 5.26. The molecule has 0 spiro atoms. The van der Waals surface area contributed by atoms with Crippen molar-refractivity contribution in [2.24, 2.45) is 0 Å². The molecule has 0 radical (unpaired) electrons. The van der Waals surface area contributed by atoms with Crippen molar-refractivity contribution in [3.05, 3.63) is 47.3 Å². The van der Waals surface area contributed by atoms with Crippen LogP contribution in [0.3, 0.4) is 0 Å². The van der Waals surface area contributed by atoms with Crippen molar-refractivity contribution in [1.29, 1.82) is 0 Å². The molecule has 0 fully saturated rings. The fourth-order valence-corrected chi connectivity index (χ4v) is 2.06. The Hall–Kier alpha value is -2.37. The van der Waals surface area contributed by atoms with Gasteiger partial charge in [-0.25, -0.2) is 8.78 Å². The number of anilines is 2. The van der Waals surface area contributed by atoms with Gasteiger partial charge in [-0.15, -0.1) is 0 Å². The van der Waals surface area contributed by atoms with Crippen LogP contribution in [0, 0.1) is 18.6 Å². The van der Waals surface area contributed by atoms with Crippen LogP contribution in [0.25, 0.3) is 0 Å². The van der Waals surface area contributed by atoms with E-state index >= 15 is 0 Å². The molecule has 21 heavy (non-hydrogen) atoms. The Bertz CT molecular complexity index is 692. The van der Waals surface area contributed by atoms with Gasteiger partial charge in [-0.2, -0.15) is 0 Å². The van der Waals surface area contributed by atoms with Crippen LogP contribution in [-0.4, -0.2) is 10.5 Å². The van der Waals surface area contributed by atoms with E-state index in [1.807, 2.05) is 13.8 Å². The largest absolute Gasteiger partial charge is 0.397 e. The molecule has 0 aliphatic heterocycles. The molecule has 1 aromatic carbocycles. The summed E-state index contributed by atoms with van der Waals surface area (Å²) in [5, 5.41) is 2.28. The number of nitrogen functional groups attached to an aromatic ring is 1. The van der Waals surface area contributed by atoms with Crippen molar-refractivity contribution in [3.63, 3.8) is 0 Å². The monoisotopic (exact) mass is 293 g/mol. The minimum absolute atomic E-state index is 0.00440. The highest BCUT2D eigenvalue weighted by atomic mass is 19.1. The van der Waals surface area contributed by atoms with Crippen LogP contribution in [0.5, 0.6) is 0 Å². The van der Waals surface area contributed by atoms with Gasteiger partial charge in [0, 0.05) is 12.2 Å². The molecule has 0 saturated carbocycles. The van der Waals surface area contributed by atoms with Crippen LogP contribution in [0.1, 0.15) is 35.9 Å². The van der Waals surface area contributed by atoms with Crippen molar-refractivity contribution < 1.29 is 13.6 Å². The van der Waals surface area contributed by atoms with Crippen molar-refractivity contribution in [3.8, 4) is 0 Å². The molecular formula is C15H17F2N3O. The number of nitrogens with zero attached hydrogens (tertiary/aromatic N) is 1. The van der Waals surface area contributed by atoms with E-state index in [1.54, 1.807) is 10.8 Å². The maximum Gasteiger partial charge on any atom is 0.272 e. The lowest BCUT2D eigenvalue weighted by atomic mass is 10.2. The zero-order valence-electron chi connectivity index (χ0n) is 12.1. The number of benzene rings is 1. The molecule has 0 atom stereocenters.